The molecule has 0 unspecified atom stereocenters. The lowest BCUT2D eigenvalue weighted by molar-refractivity contribution is 0.0228. The zero-order chi connectivity index (χ0) is 13.6. The molecule has 0 aromatic rings. The Balaban J connectivity index is 2.29. The first-order valence-corrected chi connectivity index (χ1v) is 7.03. The molecule has 0 saturated carbocycles. The maximum absolute atomic E-state index is 12.0. The molecular weight excluding hydrogens is 262 g/mol. The van der Waals surface area contributed by atoms with E-state index in [4.69, 9.17) is 13.7 Å². The molecule has 1 atom stereocenters. The summed E-state index contributed by atoms with van der Waals surface area (Å²) in [5, 5.41) is 0. The summed E-state index contributed by atoms with van der Waals surface area (Å²) in [5.74, 6) is 0. The molecule has 104 valence electrons. The topological polar surface area (TPSA) is 82.1 Å². The number of rotatable bonds is 0. The monoisotopic (exact) mass is 279 g/mol. The van der Waals surface area contributed by atoms with Crippen molar-refractivity contribution in [1.82, 2.24) is 4.31 Å². The van der Waals surface area contributed by atoms with Gasteiger partial charge in [0.1, 0.15) is 11.1 Å². The Labute approximate surface area is 106 Å². The fourth-order valence-electron chi connectivity index (χ4n) is 1.99. The molecule has 0 N–H and O–H groups in total. The van der Waals surface area contributed by atoms with Crippen LogP contribution in [0.25, 0.3) is 0 Å². The van der Waals surface area contributed by atoms with Gasteiger partial charge in [0.25, 0.3) is 0 Å². The fraction of sp³-hybridized carbons (Fsp3) is 0.900. The van der Waals surface area contributed by atoms with Crippen molar-refractivity contribution in [1.29, 1.82) is 0 Å². The Morgan fingerprint density at radius 3 is 2.50 bits per heavy atom. The van der Waals surface area contributed by atoms with E-state index in [0.29, 0.717) is 17.3 Å². The summed E-state index contributed by atoms with van der Waals surface area (Å²) in [6, 6.07) is 0. The van der Waals surface area contributed by atoms with Crippen LogP contribution in [0.1, 0.15) is 27.2 Å². The van der Waals surface area contributed by atoms with E-state index in [2.05, 4.69) is 0 Å². The van der Waals surface area contributed by atoms with E-state index < -0.39 is 27.5 Å². The molecule has 1 spiro atoms. The van der Waals surface area contributed by atoms with Crippen LogP contribution in [-0.4, -0.2) is 49.8 Å². The van der Waals surface area contributed by atoms with Crippen LogP contribution < -0.4 is 0 Å². The minimum atomic E-state index is -4.07. The molecule has 0 radical (unpaired) electrons. The predicted octanol–water partition coefficient (Wildman–Crippen LogP) is 0.658. The van der Waals surface area contributed by atoms with Crippen LogP contribution in [0.2, 0.25) is 0 Å². The van der Waals surface area contributed by atoms with E-state index in [9.17, 15) is 13.2 Å². The number of ether oxygens (including phenoxy) is 2. The van der Waals surface area contributed by atoms with Gasteiger partial charge in [-0.05, 0) is 27.2 Å². The third-order valence-corrected chi connectivity index (χ3v) is 4.17. The minimum Gasteiger partial charge on any atom is -0.443 e. The Morgan fingerprint density at radius 2 is 2.00 bits per heavy atom. The molecule has 0 aliphatic carbocycles. The highest BCUT2D eigenvalue weighted by atomic mass is 32.2. The highest BCUT2D eigenvalue weighted by molar-refractivity contribution is 7.85. The summed E-state index contributed by atoms with van der Waals surface area (Å²) in [6.07, 6.45) is -0.489. The van der Waals surface area contributed by atoms with Gasteiger partial charge in [0.15, 0.2) is 0 Å². The summed E-state index contributed by atoms with van der Waals surface area (Å²) >= 11 is 0. The van der Waals surface area contributed by atoms with Crippen molar-refractivity contribution in [2.75, 3.05) is 19.8 Å². The summed E-state index contributed by atoms with van der Waals surface area (Å²) in [7, 11) is -4.07. The number of hydrogen-bond acceptors (Lipinski definition) is 6. The molecule has 2 aliphatic rings. The summed E-state index contributed by atoms with van der Waals surface area (Å²) in [5.41, 5.74) is -1.71. The van der Waals surface area contributed by atoms with Crippen LogP contribution in [0.4, 0.5) is 4.79 Å². The van der Waals surface area contributed by atoms with E-state index in [1.165, 1.54) is 0 Å². The van der Waals surface area contributed by atoms with Crippen molar-refractivity contribution in [3.63, 3.8) is 0 Å². The standard InChI is InChI=1S/C10H17NO6S/c1-9(2,3)17-8(12)11-10(4-5-15-6-10)7-16-18(11,13)14/h4-7H2,1-3H3/t10-/m1/s1. The van der Waals surface area contributed by atoms with E-state index in [1.54, 1.807) is 20.8 Å². The largest absolute Gasteiger partial charge is 0.443 e. The van der Waals surface area contributed by atoms with Crippen LogP contribution in [-0.2, 0) is 24.0 Å². The van der Waals surface area contributed by atoms with Crippen molar-refractivity contribution in [2.45, 2.75) is 38.3 Å². The second-order valence-corrected chi connectivity index (χ2v) is 6.95. The quantitative estimate of drug-likeness (QED) is 0.648. The van der Waals surface area contributed by atoms with Gasteiger partial charge in [-0.25, -0.2) is 4.79 Å². The summed E-state index contributed by atoms with van der Waals surface area (Å²) in [6.45, 7) is 5.49. The van der Waals surface area contributed by atoms with Crippen LogP contribution in [0.15, 0.2) is 0 Å². The maximum atomic E-state index is 12.0. The lowest BCUT2D eigenvalue weighted by Gasteiger charge is -2.30. The number of carbonyl (C=O) groups excluding carboxylic acids is 1. The average molecular weight is 279 g/mol. The van der Waals surface area contributed by atoms with Crippen LogP contribution in [0, 0.1) is 0 Å². The average Bonchev–Trinajstić information content (AvgIpc) is 2.70. The van der Waals surface area contributed by atoms with Crippen molar-refractivity contribution in [3.8, 4) is 0 Å². The predicted molar refractivity (Wildman–Crippen MR) is 61.1 cm³/mol. The SMILES string of the molecule is CC(C)(C)OC(=O)N1[C@@]2(CCOC2)COS1(=O)=O. The minimum absolute atomic E-state index is 0.0748. The van der Waals surface area contributed by atoms with Gasteiger partial charge in [0, 0.05) is 6.61 Å². The Kier molecular flexibility index (Phi) is 3.07. The van der Waals surface area contributed by atoms with E-state index in [0.717, 1.165) is 0 Å². The van der Waals surface area contributed by atoms with Crippen LogP contribution in [0.5, 0.6) is 0 Å². The third-order valence-electron chi connectivity index (χ3n) is 2.77. The second-order valence-electron chi connectivity index (χ2n) is 5.49. The van der Waals surface area contributed by atoms with Crippen molar-refractivity contribution >= 4 is 16.4 Å². The number of carbonyl (C=O) groups is 1. The van der Waals surface area contributed by atoms with Crippen molar-refractivity contribution < 1.29 is 26.9 Å². The molecule has 2 rings (SSSR count). The first-order valence-electron chi connectivity index (χ1n) is 5.67. The van der Waals surface area contributed by atoms with Gasteiger partial charge in [-0.3, -0.25) is 4.18 Å². The van der Waals surface area contributed by atoms with Gasteiger partial charge in [-0.15, -0.1) is 0 Å². The van der Waals surface area contributed by atoms with Gasteiger partial charge in [-0.1, -0.05) is 0 Å². The van der Waals surface area contributed by atoms with Gasteiger partial charge in [0.2, 0.25) is 0 Å². The first-order chi connectivity index (χ1) is 8.16. The summed E-state index contributed by atoms with van der Waals surface area (Å²) in [4.78, 5) is 12.0. The lowest BCUT2D eigenvalue weighted by atomic mass is 10.0. The van der Waals surface area contributed by atoms with Gasteiger partial charge < -0.3 is 9.47 Å². The van der Waals surface area contributed by atoms with Crippen molar-refractivity contribution in [2.24, 2.45) is 0 Å². The van der Waals surface area contributed by atoms with Crippen LogP contribution in [0.3, 0.4) is 0 Å². The second kappa shape index (κ2) is 4.07. The van der Waals surface area contributed by atoms with Crippen LogP contribution >= 0.6 is 0 Å². The molecule has 0 aromatic heterocycles. The highest BCUT2D eigenvalue weighted by Crippen LogP contribution is 2.36. The molecule has 2 fully saturated rings. The van der Waals surface area contributed by atoms with Crippen molar-refractivity contribution in [3.05, 3.63) is 0 Å². The molecule has 2 saturated heterocycles. The van der Waals surface area contributed by atoms with E-state index >= 15 is 0 Å². The first kappa shape index (κ1) is 13.6. The van der Waals surface area contributed by atoms with E-state index in [-0.39, 0.29) is 13.2 Å². The molecule has 8 heteroatoms. The smallest absolute Gasteiger partial charge is 0.426 e. The number of amides is 1. The maximum Gasteiger partial charge on any atom is 0.426 e. The van der Waals surface area contributed by atoms with Gasteiger partial charge in [0.05, 0.1) is 13.2 Å². The zero-order valence-electron chi connectivity index (χ0n) is 10.6. The van der Waals surface area contributed by atoms with E-state index in [1.807, 2.05) is 0 Å². The zero-order valence-corrected chi connectivity index (χ0v) is 11.4. The molecule has 2 heterocycles. The molecule has 0 aromatic carbocycles. The lowest BCUT2D eigenvalue weighted by Crippen LogP contribution is -2.52. The highest BCUT2D eigenvalue weighted by Gasteiger charge is 2.57. The number of hydrogen-bond donors (Lipinski definition) is 0. The third kappa shape index (κ3) is 2.32. The Bertz CT molecular complexity index is 445. The molecule has 0 bridgehead atoms. The molecule has 2 aliphatic heterocycles. The Morgan fingerprint density at radius 1 is 1.33 bits per heavy atom. The Hall–Kier alpha value is -0.860. The molecule has 7 nitrogen and oxygen atoms in total. The molecular formula is C10H17NO6S. The number of nitrogens with zero attached hydrogens (tertiary/aromatic N) is 1. The summed E-state index contributed by atoms with van der Waals surface area (Å²) < 4.78 is 39.3. The van der Waals surface area contributed by atoms with Gasteiger partial charge >= 0.3 is 16.4 Å². The van der Waals surface area contributed by atoms with Gasteiger partial charge in [-0.2, -0.15) is 12.7 Å². The molecule has 1 amide bonds. The fourth-order valence-corrected chi connectivity index (χ4v) is 3.36. The molecule has 18 heavy (non-hydrogen) atoms. The normalized spacial score (nSPS) is 30.9.